The first-order chi connectivity index (χ1) is 11.0. The largest absolute Gasteiger partial charge is 0.348 e. The first kappa shape index (κ1) is 14.3. The van der Waals surface area contributed by atoms with Crippen LogP contribution in [0.25, 0.3) is 22.1 Å². The van der Waals surface area contributed by atoms with Gasteiger partial charge in [0.25, 0.3) is 0 Å². The molecule has 0 fully saturated rings. The van der Waals surface area contributed by atoms with Gasteiger partial charge in [0.05, 0.1) is 17.6 Å². The van der Waals surface area contributed by atoms with E-state index in [1.165, 1.54) is 30.6 Å². The Balaban J connectivity index is 2.30. The van der Waals surface area contributed by atoms with Crippen molar-refractivity contribution in [1.82, 2.24) is 9.97 Å². The van der Waals surface area contributed by atoms with Gasteiger partial charge in [-0.05, 0) is 29.6 Å². The number of nitrogens with zero attached hydrogens (tertiary/aromatic N) is 6. The van der Waals surface area contributed by atoms with E-state index in [-0.39, 0.29) is 22.5 Å². The van der Waals surface area contributed by atoms with Crippen LogP contribution in [0.4, 0.5) is 11.4 Å². The zero-order valence-electron chi connectivity index (χ0n) is 11.8. The molecule has 1 aliphatic rings. The molecule has 0 bridgehead atoms. The molecule has 1 N–H and O–H groups in total. The van der Waals surface area contributed by atoms with E-state index < -0.39 is 10.9 Å². The van der Waals surface area contributed by atoms with Gasteiger partial charge in [0.2, 0.25) is 0 Å². The molecule has 2 heterocycles. The monoisotopic (exact) mass is 311 g/mol. The summed E-state index contributed by atoms with van der Waals surface area (Å²) in [6, 6.07) is 4.39. The SMILES string of the molecule is Cc1[nH]cnc1C=C1C(=O)N([N+](=O)[O-])c2cccc(N=[N+]=[N-])c21. The van der Waals surface area contributed by atoms with Crippen molar-refractivity contribution in [2.75, 3.05) is 5.01 Å². The fourth-order valence-electron chi connectivity index (χ4n) is 2.39. The van der Waals surface area contributed by atoms with Gasteiger partial charge >= 0.3 is 5.91 Å². The summed E-state index contributed by atoms with van der Waals surface area (Å²) in [5, 5.41) is 14.4. The number of aromatic amines is 1. The van der Waals surface area contributed by atoms with Crippen molar-refractivity contribution < 1.29 is 9.83 Å². The maximum Gasteiger partial charge on any atom is 0.320 e. The summed E-state index contributed by atoms with van der Waals surface area (Å²) in [7, 11) is 0. The number of benzene rings is 1. The molecule has 0 spiro atoms. The minimum absolute atomic E-state index is 0.0508. The highest BCUT2D eigenvalue weighted by atomic mass is 16.7. The molecule has 10 nitrogen and oxygen atoms in total. The van der Waals surface area contributed by atoms with Crippen molar-refractivity contribution in [1.29, 1.82) is 0 Å². The first-order valence-corrected chi connectivity index (χ1v) is 6.43. The van der Waals surface area contributed by atoms with Crippen LogP contribution in [0.1, 0.15) is 17.0 Å². The highest BCUT2D eigenvalue weighted by Gasteiger charge is 2.41. The van der Waals surface area contributed by atoms with Crippen molar-refractivity contribution in [3.05, 3.63) is 62.0 Å². The van der Waals surface area contributed by atoms with Gasteiger partial charge in [0.15, 0.2) is 5.03 Å². The number of hydrazine groups is 1. The Labute approximate surface area is 128 Å². The normalized spacial score (nSPS) is 14.7. The Morgan fingerprint density at radius 1 is 1.52 bits per heavy atom. The van der Waals surface area contributed by atoms with Gasteiger partial charge in [0, 0.05) is 21.9 Å². The number of aromatic nitrogens is 2. The van der Waals surface area contributed by atoms with Gasteiger partial charge in [-0.25, -0.2) is 15.1 Å². The van der Waals surface area contributed by atoms with E-state index in [0.717, 1.165) is 0 Å². The lowest BCUT2D eigenvalue weighted by Crippen LogP contribution is -2.32. The summed E-state index contributed by atoms with van der Waals surface area (Å²) in [4.78, 5) is 33.3. The Bertz CT molecular complexity index is 908. The number of anilines is 1. The van der Waals surface area contributed by atoms with E-state index in [1.54, 1.807) is 6.92 Å². The van der Waals surface area contributed by atoms with Crippen LogP contribution in [0.15, 0.2) is 29.6 Å². The van der Waals surface area contributed by atoms with Gasteiger partial charge < -0.3 is 4.98 Å². The van der Waals surface area contributed by atoms with E-state index in [2.05, 4.69) is 20.0 Å². The topological polar surface area (TPSA) is 141 Å². The van der Waals surface area contributed by atoms with E-state index in [4.69, 9.17) is 5.53 Å². The van der Waals surface area contributed by atoms with Gasteiger partial charge in [-0.2, -0.15) is 0 Å². The number of azide groups is 1. The fourth-order valence-corrected chi connectivity index (χ4v) is 2.39. The Kier molecular flexibility index (Phi) is 3.28. The zero-order chi connectivity index (χ0) is 16.6. The quantitative estimate of drug-likeness (QED) is 0.232. The number of H-pyrrole nitrogens is 1. The van der Waals surface area contributed by atoms with Crippen LogP contribution >= 0.6 is 0 Å². The molecule has 10 heteroatoms. The molecule has 2 aromatic rings. The maximum atomic E-state index is 12.4. The smallest absolute Gasteiger partial charge is 0.320 e. The summed E-state index contributed by atoms with van der Waals surface area (Å²) < 4.78 is 0. The van der Waals surface area contributed by atoms with Crippen LogP contribution in [0.3, 0.4) is 0 Å². The third-order valence-corrected chi connectivity index (χ3v) is 3.41. The molecule has 0 aliphatic carbocycles. The summed E-state index contributed by atoms with van der Waals surface area (Å²) >= 11 is 0. The molecule has 0 radical (unpaired) electrons. The lowest BCUT2D eigenvalue weighted by Gasteiger charge is -2.04. The second-order valence-corrected chi connectivity index (χ2v) is 4.69. The summed E-state index contributed by atoms with van der Waals surface area (Å²) in [6.07, 6.45) is 2.89. The highest BCUT2D eigenvalue weighted by Crippen LogP contribution is 2.43. The Morgan fingerprint density at radius 3 is 2.91 bits per heavy atom. The summed E-state index contributed by atoms with van der Waals surface area (Å²) in [5.74, 6) is -0.812. The predicted molar refractivity (Wildman–Crippen MR) is 80.9 cm³/mol. The number of fused-ring (bicyclic) bond motifs is 1. The third-order valence-electron chi connectivity index (χ3n) is 3.41. The van der Waals surface area contributed by atoms with Gasteiger partial charge in [-0.3, -0.25) is 4.79 Å². The van der Waals surface area contributed by atoms with Crippen molar-refractivity contribution in [2.45, 2.75) is 6.92 Å². The molecule has 1 aromatic heterocycles. The molecule has 0 atom stereocenters. The minimum Gasteiger partial charge on any atom is -0.348 e. The molecule has 3 rings (SSSR count). The maximum absolute atomic E-state index is 12.4. The second kappa shape index (κ2) is 5.28. The minimum atomic E-state index is -0.812. The second-order valence-electron chi connectivity index (χ2n) is 4.69. The number of imidazole rings is 1. The molecule has 1 amide bonds. The fraction of sp³-hybridized carbons (Fsp3) is 0.0769. The van der Waals surface area contributed by atoms with E-state index in [9.17, 15) is 14.9 Å². The number of amides is 1. The van der Waals surface area contributed by atoms with E-state index >= 15 is 0 Å². The van der Waals surface area contributed by atoms with Crippen molar-refractivity contribution >= 4 is 28.9 Å². The average Bonchev–Trinajstić information content (AvgIpc) is 3.03. The Hall–Kier alpha value is -3.65. The summed E-state index contributed by atoms with van der Waals surface area (Å²) in [5.41, 5.74) is 10.3. The van der Waals surface area contributed by atoms with Crippen LogP contribution in [0.5, 0.6) is 0 Å². The first-order valence-electron chi connectivity index (χ1n) is 6.43. The third kappa shape index (κ3) is 2.19. The van der Waals surface area contributed by atoms with Gasteiger partial charge in [-0.1, -0.05) is 17.2 Å². The molecule has 1 aliphatic heterocycles. The van der Waals surface area contributed by atoms with Crippen LogP contribution in [0, 0.1) is 17.0 Å². The number of rotatable bonds is 3. The average molecular weight is 311 g/mol. The number of carbonyl (C=O) groups excluding carboxylic acids is 1. The molecule has 0 unspecified atom stereocenters. The lowest BCUT2D eigenvalue weighted by atomic mass is 10.0. The molecule has 1 aromatic carbocycles. The number of hydrogen-bond acceptors (Lipinski definition) is 5. The van der Waals surface area contributed by atoms with Crippen LogP contribution in [-0.4, -0.2) is 20.9 Å². The van der Waals surface area contributed by atoms with Crippen LogP contribution in [-0.2, 0) is 4.79 Å². The van der Waals surface area contributed by atoms with Gasteiger partial charge in [0.1, 0.15) is 5.69 Å². The number of hydrogen-bond donors (Lipinski definition) is 1. The van der Waals surface area contributed by atoms with Crippen molar-refractivity contribution in [3.63, 3.8) is 0 Å². The molecule has 0 saturated carbocycles. The van der Waals surface area contributed by atoms with Crippen LogP contribution < -0.4 is 5.01 Å². The molecule has 23 heavy (non-hydrogen) atoms. The molecule has 114 valence electrons. The standard InChI is InChI=1S/C13H9N7O3/c1-7-10(16-6-15-7)5-8-12-9(17-18-14)3-2-4-11(12)19(13(8)21)20(22)23/h2-6H,1H3,(H,15,16). The van der Waals surface area contributed by atoms with E-state index in [1.807, 2.05) is 0 Å². The number of aryl methyl sites for hydroxylation is 1. The molecular weight excluding hydrogens is 302 g/mol. The number of nitro groups is 1. The zero-order valence-corrected chi connectivity index (χ0v) is 11.8. The Morgan fingerprint density at radius 2 is 2.30 bits per heavy atom. The van der Waals surface area contributed by atoms with Crippen molar-refractivity contribution in [3.8, 4) is 0 Å². The highest BCUT2D eigenvalue weighted by molar-refractivity contribution is 6.36. The molecule has 0 saturated heterocycles. The van der Waals surface area contributed by atoms with Crippen molar-refractivity contribution in [2.24, 2.45) is 5.11 Å². The number of carbonyl (C=O) groups is 1. The summed E-state index contributed by atoms with van der Waals surface area (Å²) in [6.45, 7) is 1.75. The molecular formula is C13H9N7O3. The van der Waals surface area contributed by atoms with E-state index in [0.29, 0.717) is 16.4 Å². The van der Waals surface area contributed by atoms with Crippen LogP contribution in [0.2, 0.25) is 0 Å². The van der Waals surface area contributed by atoms with Gasteiger partial charge in [-0.15, -0.1) is 0 Å². The lowest BCUT2D eigenvalue weighted by molar-refractivity contribution is -0.482. The predicted octanol–water partition coefficient (Wildman–Crippen LogP) is 2.74. The number of nitrogens with one attached hydrogen (secondary N) is 1.